The van der Waals surface area contributed by atoms with Gasteiger partial charge in [0.05, 0.1) is 13.7 Å². The van der Waals surface area contributed by atoms with Gasteiger partial charge in [-0.15, -0.1) is 0 Å². The number of carbonyl (C=O) groups is 1. The first-order chi connectivity index (χ1) is 8.58. The minimum atomic E-state index is -0.285. The molecule has 0 unspecified atom stereocenters. The molecule has 0 aliphatic carbocycles. The van der Waals surface area contributed by atoms with Crippen molar-refractivity contribution in [3.63, 3.8) is 0 Å². The number of hydrogen-bond donors (Lipinski definition) is 0. The highest BCUT2D eigenvalue weighted by molar-refractivity contribution is 5.72. The molecule has 96 valence electrons. The van der Waals surface area contributed by atoms with E-state index < -0.39 is 0 Å². The van der Waals surface area contributed by atoms with Crippen LogP contribution >= 0.6 is 0 Å². The van der Waals surface area contributed by atoms with Crippen molar-refractivity contribution in [3.05, 3.63) is 28.8 Å². The van der Waals surface area contributed by atoms with Gasteiger partial charge in [-0.05, 0) is 44.0 Å². The summed E-state index contributed by atoms with van der Waals surface area (Å²) in [6.45, 7) is 6.12. The highest BCUT2D eigenvalue weighted by atomic mass is 16.5. The molecule has 18 heavy (non-hydrogen) atoms. The largest absolute Gasteiger partial charge is 0.496 e. The molecular weight excluding hydrogens is 228 g/mol. The van der Waals surface area contributed by atoms with Crippen molar-refractivity contribution in [2.45, 2.75) is 27.2 Å². The second kappa shape index (κ2) is 6.70. The molecule has 0 aliphatic heterocycles. The summed E-state index contributed by atoms with van der Waals surface area (Å²) in [5, 5.41) is 0. The molecule has 0 saturated heterocycles. The summed E-state index contributed by atoms with van der Waals surface area (Å²) in [5.41, 5.74) is 2.96. The van der Waals surface area contributed by atoms with Gasteiger partial charge in [-0.1, -0.05) is 11.8 Å². The van der Waals surface area contributed by atoms with E-state index in [9.17, 15) is 4.79 Å². The molecule has 3 nitrogen and oxygen atoms in total. The van der Waals surface area contributed by atoms with Gasteiger partial charge in [0.1, 0.15) is 12.2 Å². The zero-order valence-electron chi connectivity index (χ0n) is 11.3. The van der Waals surface area contributed by atoms with Gasteiger partial charge in [0.25, 0.3) is 0 Å². The molecular formula is C15H18O3. The van der Waals surface area contributed by atoms with Crippen molar-refractivity contribution in [1.29, 1.82) is 0 Å². The standard InChI is InChI=1S/C15H18O3/c1-5-18-14(16)8-6-7-13-9-11(2)15(17-4)12(3)10-13/h9-10H,5,8H2,1-4H3. The molecule has 0 aromatic heterocycles. The molecule has 0 saturated carbocycles. The minimum Gasteiger partial charge on any atom is -0.496 e. The number of carbonyl (C=O) groups excluding carboxylic acids is 1. The van der Waals surface area contributed by atoms with Crippen LogP contribution in [0.4, 0.5) is 0 Å². The molecule has 0 N–H and O–H groups in total. The van der Waals surface area contributed by atoms with E-state index in [0.717, 1.165) is 22.4 Å². The summed E-state index contributed by atoms with van der Waals surface area (Å²) in [7, 11) is 1.65. The van der Waals surface area contributed by atoms with Crippen LogP contribution in [-0.2, 0) is 9.53 Å². The first-order valence-electron chi connectivity index (χ1n) is 5.88. The molecule has 1 rings (SSSR count). The zero-order chi connectivity index (χ0) is 13.5. The van der Waals surface area contributed by atoms with Crippen LogP contribution in [0.1, 0.15) is 30.0 Å². The van der Waals surface area contributed by atoms with Gasteiger partial charge in [-0.25, -0.2) is 0 Å². The van der Waals surface area contributed by atoms with Crippen LogP contribution in [0.3, 0.4) is 0 Å². The number of aryl methyl sites for hydroxylation is 2. The maximum atomic E-state index is 11.1. The van der Waals surface area contributed by atoms with E-state index in [2.05, 4.69) is 11.8 Å². The summed E-state index contributed by atoms with van der Waals surface area (Å²) in [6.07, 6.45) is 0.123. The average molecular weight is 246 g/mol. The molecule has 0 atom stereocenters. The monoisotopic (exact) mass is 246 g/mol. The number of ether oxygens (including phenoxy) is 2. The molecule has 1 aromatic carbocycles. The van der Waals surface area contributed by atoms with Crippen LogP contribution in [0.5, 0.6) is 5.75 Å². The molecule has 0 spiro atoms. The topological polar surface area (TPSA) is 35.5 Å². The molecule has 3 heteroatoms. The first-order valence-corrected chi connectivity index (χ1v) is 5.88. The third kappa shape index (κ3) is 3.81. The van der Waals surface area contributed by atoms with Crippen molar-refractivity contribution < 1.29 is 14.3 Å². The van der Waals surface area contributed by atoms with Crippen LogP contribution in [0.15, 0.2) is 12.1 Å². The van der Waals surface area contributed by atoms with Crippen molar-refractivity contribution in [3.8, 4) is 17.6 Å². The Morgan fingerprint density at radius 2 is 1.89 bits per heavy atom. The summed E-state index contributed by atoms with van der Waals surface area (Å²) in [4.78, 5) is 11.1. The van der Waals surface area contributed by atoms with Gasteiger partial charge in [0, 0.05) is 5.56 Å². The van der Waals surface area contributed by atoms with Gasteiger partial charge >= 0.3 is 5.97 Å². The number of rotatable bonds is 3. The summed E-state index contributed by atoms with van der Waals surface area (Å²) < 4.78 is 10.1. The van der Waals surface area contributed by atoms with Crippen LogP contribution in [0.2, 0.25) is 0 Å². The van der Waals surface area contributed by atoms with Gasteiger partial charge in [0.15, 0.2) is 0 Å². The van der Waals surface area contributed by atoms with E-state index in [1.807, 2.05) is 26.0 Å². The third-order valence-corrected chi connectivity index (χ3v) is 2.44. The van der Waals surface area contributed by atoms with E-state index in [0.29, 0.717) is 6.61 Å². The summed E-state index contributed by atoms with van der Waals surface area (Å²) in [6, 6.07) is 3.90. The van der Waals surface area contributed by atoms with Gasteiger partial charge in [-0.2, -0.15) is 0 Å². The van der Waals surface area contributed by atoms with E-state index in [1.165, 1.54) is 0 Å². The van der Waals surface area contributed by atoms with E-state index in [1.54, 1.807) is 14.0 Å². The van der Waals surface area contributed by atoms with Crippen LogP contribution in [0.25, 0.3) is 0 Å². The predicted molar refractivity (Wildman–Crippen MR) is 70.6 cm³/mol. The maximum Gasteiger partial charge on any atom is 0.317 e. The third-order valence-electron chi connectivity index (χ3n) is 2.44. The van der Waals surface area contributed by atoms with Crippen LogP contribution < -0.4 is 4.74 Å². The number of esters is 1. The molecule has 0 bridgehead atoms. The molecule has 0 heterocycles. The Hall–Kier alpha value is -1.95. The highest BCUT2D eigenvalue weighted by Crippen LogP contribution is 2.23. The SMILES string of the molecule is CCOC(=O)CC#Cc1cc(C)c(OC)c(C)c1. The number of benzene rings is 1. The van der Waals surface area contributed by atoms with Crippen molar-refractivity contribution in [1.82, 2.24) is 0 Å². The second-order valence-electron chi connectivity index (χ2n) is 3.93. The Morgan fingerprint density at radius 3 is 2.39 bits per heavy atom. The van der Waals surface area contributed by atoms with Crippen LogP contribution in [-0.4, -0.2) is 19.7 Å². The zero-order valence-corrected chi connectivity index (χ0v) is 11.3. The lowest BCUT2D eigenvalue weighted by molar-refractivity contribution is -0.141. The van der Waals surface area contributed by atoms with Gasteiger partial charge in [0.2, 0.25) is 0 Å². The lowest BCUT2D eigenvalue weighted by atomic mass is 10.1. The number of methoxy groups -OCH3 is 1. The Labute approximate surface area is 108 Å². The lowest BCUT2D eigenvalue weighted by Gasteiger charge is -2.08. The fourth-order valence-electron chi connectivity index (χ4n) is 1.77. The summed E-state index contributed by atoms with van der Waals surface area (Å²) >= 11 is 0. The normalized spacial score (nSPS) is 9.33. The van der Waals surface area contributed by atoms with E-state index in [4.69, 9.17) is 9.47 Å². The number of hydrogen-bond acceptors (Lipinski definition) is 3. The average Bonchev–Trinajstić information content (AvgIpc) is 2.29. The maximum absolute atomic E-state index is 11.1. The Balaban J connectivity index is 2.80. The Morgan fingerprint density at radius 1 is 1.28 bits per heavy atom. The quantitative estimate of drug-likeness (QED) is 0.607. The minimum absolute atomic E-state index is 0.123. The molecule has 1 aromatic rings. The molecule has 0 radical (unpaired) electrons. The molecule has 0 aliphatic rings. The van der Waals surface area contributed by atoms with E-state index >= 15 is 0 Å². The lowest BCUT2D eigenvalue weighted by Crippen LogP contribution is -2.01. The van der Waals surface area contributed by atoms with Crippen LogP contribution in [0, 0.1) is 25.7 Å². The predicted octanol–water partition coefficient (Wildman–Crippen LogP) is 2.62. The second-order valence-corrected chi connectivity index (χ2v) is 3.93. The van der Waals surface area contributed by atoms with Gasteiger partial charge in [-0.3, -0.25) is 4.79 Å². The van der Waals surface area contributed by atoms with Crippen molar-refractivity contribution in [2.24, 2.45) is 0 Å². The Bertz CT molecular complexity index is 469. The highest BCUT2D eigenvalue weighted by Gasteiger charge is 2.03. The van der Waals surface area contributed by atoms with Crippen molar-refractivity contribution in [2.75, 3.05) is 13.7 Å². The Kier molecular flexibility index (Phi) is 5.26. The molecule has 0 amide bonds. The fraction of sp³-hybridized carbons (Fsp3) is 0.400. The summed E-state index contributed by atoms with van der Waals surface area (Å²) in [5.74, 6) is 6.37. The molecule has 0 fully saturated rings. The van der Waals surface area contributed by atoms with E-state index in [-0.39, 0.29) is 12.4 Å². The van der Waals surface area contributed by atoms with Gasteiger partial charge < -0.3 is 9.47 Å². The first kappa shape index (κ1) is 14.1. The fourth-order valence-corrected chi connectivity index (χ4v) is 1.77. The van der Waals surface area contributed by atoms with Crippen molar-refractivity contribution >= 4 is 5.97 Å². The smallest absolute Gasteiger partial charge is 0.317 e.